The average Bonchev–Trinajstić information content (AvgIpc) is 2.99. The number of ether oxygens (including phenoxy) is 1. The van der Waals surface area contributed by atoms with Gasteiger partial charge >= 0.3 is 15.6 Å². The van der Waals surface area contributed by atoms with Crippen LogP contribution >= 0.6 is 0 Å². The Morgan fingerprint density at radius 2 is 1.88 bits per heavy atom. The Morgan fingerprint density at radius 1 is 1.23 bits per heavy atom. The highest BCUT2D eigenvalue weighted by molar-refractivity contribution is 7.87. The lowest BCUT2D eigenvalue weighted by Gasteiger charge is -2.16. The van der Waals surface area contributed by atoms with E-state index in [9.17, 15) is 21.6 Å². The van der Waals surface area contributed by atoms with E-state index in [1.54, 1.807) is 0 Å². The van der Waals surface area contributed by atoms with Gasteiger partial charge in [0, 0.05) is 12.0 Å². The smallest absolute Gasteiger partial charge is 0.381 e. The molecule has 0 spiro atoms. The van der Waals surface area contributed by atoms with Crippen LogP contribution in [0.1, 0.15) is 57.6 Å². The standard InChI is InChI=1S/C18H23F3O4S/c1-3-4-6-11-16-15(13(2)25-26(22,23)18(19,20)21)12-17(24-16)14-9-7-5-8-10-14/h5,7-10,16-17H,3-4,6,11-12H2,1-2H3/b15-13-/t16-,17-/m0/s1. The summed E-state index contributed by atoms with van der Waals surface area (Å²) in [6.07, 6.45) is 2.93. The fourth-order valence-electron chi connectivity index (χ4n) is 2.98. The minimum Gasteiger partial charge on any atom is -0.381 e. The van der Waals surface area contributed by atoms with Gasteiger partial charge in [-0.25, -0.2) is 0 Å². The normalized spacial score (nSPS) is 23.1. The molecule has 26 heavy (non-hydrogen) atoms. The summed E-state index contributed by atoms with van der Waals surface area (Å²) in [7, 11) is -5.68. The molecule has 1 aromatic carbocycles. The van der Waals surface area contributed by atoms with Crippen molar-refractivity contribution in [1.29, 1.82) is 0 Å². The van der Waals surface area contributed by atoms with Crippen LogP contribution in [-0.4, -0.2) is 20.0 Å². The monoisotopic (exact) mass is 392 g/mol. The van der Waals surface area contributed by atoms with Crippen LogP contribution in [0.15, 0.2) is 41.7 Å². The zero-order valence-corrected chi connectivity index (χ0v) is 15.6. The molecule has 1 saturated heterocycles. The van der Waals surface area contributed by atoms with E-state index >= 15 is 0 Å². The van der Waals surface area contributed by atoms with Gasteiger partial charge in [-0.1, -0.05) is 56.5 Å². The van der Waals surface area contributed by atoms with Gasteiger partial charge in [0.1, 0.15) is 5.76 Å². The van der Waals surface area contributed by atoms with Crippen LogP contribution in [0, 0.1) is 0 Å². The van der Waals surface area contributed by atoms with Gasteiger partial charge in [0.15, 0.2) is 0 Å². The summed E-state index contributed by atoms with van der Waals surface area (Å²) in [6, 6.07) is 9.31. The van der Waals surface area contributed by atoms with E-state index in [2.05, 4.69) is 4.18 Å². The quantitative estimate of drug-likeness (QED) is 0.276. The first-order chi connectivity index (χ1) is 12.2. The lowest BCUT2D eigenvalue weighted by Crippen LogP contribution is -2.25. The van der Waals surface area contributed by atoms with Crippen LogP contribution in [0.5, 0.6) is 0 Å². The maximum atomic E-state index is 12.6. The largest absolute Gasteiger partial charge is 0.534 e. The van der Waals surface area contributed by atoms with Crippen molar-refractivity contribution in [2.75, 3.05) is 0 Å². The molecule has 0 unspecified atom stereocenters. The summed E-state index contributed by atoms with van der Waals surface area (Å²) in [5.74, 6) is -0.248. The van der Waals surface area contributed by atoms with Crippen molar-refractivity contribution in [2.45, 2.75) is 63.7 Å². The zero-order valence-electron chi connectivity index (χ0n) is 14.8. The third-order valence-electron chi connectivity index (χ3n) is 4.33. The molecule has 0 bridgehead atoms. The summed E-state index contributed by atoms with van der Waals surface area (Å²) in [4.78, 5) is 0. The van der Waals surface area contributed by atoms with E-state index in [0.717, 1.165) is 24.8 Å². The highest BCUT2D eigenvalue weighted by Gasteiger charge is 2.49. The van der Waals surface area contributed by atoms with Crippen molar-refractivity contribution in [2.24, 2.45) is 0 Å². The van der Waals surface area contributed by atoms with E-state index in [4.69, 9.17) is 4.74 Å². The predicted molar refractivity (Wildman–Crippen MR) is 91.6 cm³/mol. The van der Waals surface area contributed by atoms with Crippen molar-refractivity contribution in [1.82, 2.24) is 0 Å². The summed E-state index contributed by atoms with van der Waals surface area (Å²) >= 11 is 0. The maximum Gasteiger partial charge on any atom is 0.534 e. The Morgan fingerprint density at radius 3 is 2.46 bits per heavy atom. The molecule has 4 nitrogen and oxygen atoms in total. The van der Waals surface area contributed by atoms with Gasteiger partial charge in [-0.3, -0.25) is 0 Å². The van der Waals surface area contributed by atoms with Crippen LogP contribution in [0.4, 0.5) is 13.2 Å². The molecule has 1 aliphatic heterocycles. The SMILES string of the molecule is CCCCC[C@@H]1O[C@H](c2ccccc2)C/C1=C(\C)OS(=O)(=O)C(F)(F)F. The highest BCUT2D eigenvalue weighted by atomic mass is 32.2. The molecular formula is C18H23F3O4S. The first kappa shape index (κ1) is 20.8. The third-order valence-corrected chi connectivity index (χ3v) is 5.37. The third kappa shape index (κ3) is 5.01. The number of rotatable bonds is 7. The second kappa shape index (κ2) is 8.43. The molecule has 0 aliphatic carbocycles. The Bertz CT molecular complexity index is 727. The van der Waals surface area contributed by atoms with Crippen LogP contribution in [-0.2, 0) is 19.0 Å². The molecule has 0 amide bonds. The summed E-state index contributed by atoms with van der Waals surface area (Å²) in [5.41, 5.74) is -4.08. The first-order valence-electron chi connectivity index (χ1n) is 8.56. The lowest BCUT2D eigenvalue weighted by molar-refractivity contribution is -0.0523. The van der Waals surface area contributed by atoms with E-state index < -0.39 is 21.7 Å². The molecule has 1 aromatic rings. The number of hydrogen-bond donors (Lipinski definition) is 0. The second-order valence-electron chi connectivity index (χ2n) is 6.29. The molecule has 0 radical (unpaired) electrons. The van der Waals surface area contributed by atoms with Gasteiger partial charge in [-0.05, 0) is 18.9 Å². The van der Waals surface area contributed by atoms with E-state index in [1.807, 2.05) is 37.3 Å². The van der Waals surface area contributed by atoms with Crippen molar-refractivity contribution in [3.8, 4) is 0 Å². The van der Waals surface area contributed by atoms with Crippen LogP contribution in [0.3, 0.4) is 0 Å². The van der Waals surface area contributed by atoms with Gasteiger partial charge < -0.3 is 8.92 Å². The molecule has 146 valence electrons. The van der Waals surface area contributed by atoms with Crippen molar-refractivity contribution in [3.05, 3.63) is 47.2 Å². The Balaban J connectivity index is 2.26. The first-order valence-corrected chi connectivity index (χ1v) is 9.97. The Kier molecular flexibility index (Phi) is 6.74. The van der Waals surface area contributed by atoms with E-state index in [-0.39, 0.29) is 11.9 Å². The van der Waals surface area contributed by atoms with Crippen LogP contribution in [0.25, 0.3) is 0 Å². The average molecular weight is 392 g/mol. The number of benzene rings is 1. The van der Waals surface area contributed by atoms with Crippen molar-refractivity contribution >= 4 is 10.1 Å². The second-order valence-corrected chi connectivity index (χ2v) is 7.83. The lowest BCUT2D eigenvalue weighted by atomic mass is 9.98. The molecule has 1 aliphatic rings. The van der Waals surface area contributed by atoms with E-state index in [1.165, 1.54) is 6.92 Å². The van der Waals surface area contributed by atoms with Crippen molar-refractivity contribution in [3.63, 3.8) is 0 Å². The minimum atomic E-state index is -5.68. The zero-order chi connectivity index (χ0) is 19.4. The Labute approximate surface area is 152 Å². The maximum absolute atomic E-state index is 12.6. The fraction of sp³-hybridized carbons (Fsp3) is 0.556. The molecule has 0 saturated carbocycles. The molecule has 0 N–H and O–H groups in total. The molecule has 2 rings (SSSR count). The molecule has 2 atom stereocenters. The summed E-state index contributed by atoms with van der Waals surface area (Å²) in [6.45, 7) is 3.30. The number of halogens is 3. The number of allylic oxidation sites excluding steroid dienone is 1. The number of hydrogen-bond acceptors (Lipinski definition) is 4. The van der Waals surface area contributed by atoms with Crippen molar-refractivity contribution < 1.29 is 30.5 Å². The van der Waals surface area contributed by atoms with Gasteiger partial charge in [0.2, 0.25) is 0 Å². The molecule has 1 fully saturated rings. The predicted octanol–water partition coefficient (Wildman–Crippen LogP) is 5.24. The highest BCUT2D eigenvalue weighted by Crippen LogP contribution is 2.41. The molecule has 0 aromatic heterocycles. The minimum absolute atomic E-state index is 0.248. The molecule has 8 heteroatoms. The summed E-state index contributed by atoms with van der Waals surface area (Å²) in [5, 5.41) is 0. The molecular weight excluding hydrogens is 369 g/mol. The fourth-order valence-corrected chi connectivity index (χ4v) is 3.51. The number of alkyl halides is 3. The summed E-state index contributed by atoms with van der Waals surface area (Å²) < 4.78 is 70.8. The van der Waals surface area contributed by atoms with Crippen LogP contribution < -0.4 is 0 Å². The van der Waals surface area contributed by atoms with Gasteiger partial charge in [0.05, 0.1) is 12.2 Å². The topological polar surface area (TPSA) is 52.6 Å². The van der Waals surface area contributed by atoms with Gasteiger partial charge in [0.25, 0.3) is 0 Å². The van der Waals surface area contributed by atoms with Crippen LogP contribution in [0.2, 0.25) is 0 Å². The number of unbranched alkanes of at least 4 members (excludes halogenated alkanes) is 2. The van der Waals surface area contributed by atoms with Gasteiger partial charge in [-0.2, -0.15) is 21.6 Å². The molecule has 1 heterocycles. The Hall–Kier alpha value is -1.54. The van der Waals surface area contributed by atoms with E-state index in [0.29, 0.717) is 18.4 Å². The van der Waals surface area contributed by atoms with Gasteiger partial charge in [-0.15, -0.1) is 0 Å².